The Morgan fingerprint density at radius 3 is 2.40 bits per heavy atom. The van der Waals surface area contributed by atoms with Gasteiger partial charge in [-0.25, -0.2) is 9.97 Å². The summed E-state index contributed by atoms with van der Waals surface area (Å²) in [5, 5.41) is 6.22. The van der Waals surface area contributed by atoms with Crippen molar-refractivity contribution >= 4 is 23.2 Å². The molecule has 0 unspecified atom stereocenters. The maximum Gasteiger partial charge on any atom is 0.255 e. The van der Waals surface area contributed by atoms with Crippen LogP contribution < -0.4 is 10.6 Å². The molecule has 4 rings (SSSR count). The Bertz CT molecular complexity index is 1170. The fourth-order valence-corrected chi connectivity index (χ4v) is 3.05. The van der Waals surface area contributed by atoms with Gasteiger partial charge in [0.1, 0.15) is 0 Å². The normalized spacial score (nSPS) is 10.5. The Kier molecular flexibility index (Phi) is 5.52. The first kappa shape index (κ1) is 19.3. The monoisotopic (exact) mass is 394 g/mol. The van der Waals surface area contributed by atoms with E-state index in [-0.39, 0.29) is 5.91 Å². The van der Waals surface area contributed by atoms with E-state index in [1.54, 1.807) is 6.20 Å². The van der Waals surface area contributed by atoms with Crippen LogP contribution in [0.5, 0.6) is 0 Å². The minimum absolute atomic E-state index is 0.146. The number of nitrogens with one attached hydrogen (secondary N) is 2. The second kappa shape index (κ2) is 8.57. The third-order valence-corrected chi connectivity index (χ3v) is 4.78. The van der Waals surface area contributed by atoms with Gasteiger partial charge in [-0.2, -0.15) is 0 Å². The first-order chi connectivity index (χ1) is 14.6. The van der Waals surface area contributed by atoms with Gasteiger partial charge in [-0.1, -0.05) is 54.1 Å². The number of aromatic nitrogens is 2. The Morgan fingerprint density at radius 2 is 1.63 bits per heavy atom. The summed E-state index contributed by atoms with van der Waals surface area (Å²) < 4.78 is 0. The van der Waals surface area contributed by atoms with Gasteiger partial charge in [0.2, 0.25) is 5.95 Å². The van der Waals surface area contributed by atoms with Crippen molar-refractivity contribution in [2.75, 3.05) is 10.6 Å². The lowest BCUT2D eigenvalue weighted by atomic mass is 10.1. The zero-order valence-electron chi connectivity index (χ0n) is 16.9. The number of benzene rings is 3. The fraction of sp³-hybridized carbons (Fsp3) is 0.0800. The van der Waals surface area contributed by atoms with Crippen molar-refractivity contribution in [2.24, 2.45) is 0 Å². The van der Waals surface area contributed by atoms with E-state index in [4.69, 9.17) is 0 Å². The number of anilines is 3. The molecule has 0 atom stereocenters. The van der Waals surface area contributed by atoms with Crippen LogP contribution in [-0.2, 0) is 0 Å². The average Bonchev–Trinajstić information content (AvgIpc) is 2.77. The van der Waals surface area contributed by atoms with Crippen LogP contribution in [0.2, 0.25) is 0 Å². The van der Waals surface area contributed by atoms with Crippen LogP contribution in [0.3, 0.4) is 0 Å². The minimum atomic E-state index is -0.146. The summed E-state index contributed by atoms with van der Waals surface area (Å²) in [6, 6.07) is 25.1. The first-order valence-corrected chi connectivity index (χ1v) is 9.73. The van der Waals surface area contributed by atoms with Crippen molar-refractivity contribution in [3.05, 3.63) is 102 Å². The molecule has 0 spiro atoms. The predicted molar refractivity (Wildman–Crippen MR) is 121 cm³/mol. The molecule has 1 amide bonds. The quantitative estimate of drug-likeness (QED) is 0.452. The summed E-state index contributed by atoms with van der Waals surface area (Å²) in [5.74, 6) is 0.355. The van der Waals surface area contributed by atoms with Crippen LogP contribution in [0.4, 0.5) is 17.3 Å². The van der Waals surface area contributed by atoms with E-state index >= 15 is 0 Å². The third-order valence-electron chi connectivity index (χ3n) is 4.78. The molecule has 5 heteroatoms. The lowest BCUT2D eigenvalue weighted by Gasteiger charge is -2.12. The number of aryl methyl sites for hydroxylation is 2. The molecule has 4 aromatic rings. The van der Waals surface area contributed by atoms with Gasteiger partial charge in [0, 0.05) is 28.7 Å². The lowest BCUT2D eigenvalue weighted by Crippen LogP contribution is -2.12. The number of carbonyl (C=O) groups is 1. The van der Waals surface area contributed by atoms with Gasteiger partial charge in [0.05, 0.1) is 5.69 Å². The summed E-state index contributed by atoms with van der Waals surface area (Å²) in [6.45, 7) is 3.99. The summed E-state index contributed by atoms with van der Waals surface area (Å²) in [5.41, 5.74) is 6.17. The van der Waals surface area contributed by atoms with Crippen molar-refractivity contribution in [3.8, 4) is 11.3 Å². The van der Waals surface area contributed by atoms with Crippen LogP contribution in [-0.4, -0.2) is 15.9 Å². The standard InChI is InChI=1S/C25H22N4O/c1-17-8-11-20(12-9-17)24(30)27-21-13-10-18(2)23(16-21)29-25-26-15-14-22(28-25)19-6-4-3-5-7-19/h3-16H,1-2H3,(H,27,30)(H,26,28,29). The predicted octanol–water partition coefficient (Wildman–Crippen LogP) is 5.76. The maximum absolute atomic E-state index is 12.5. The molecule has 1 aromatic heterocycles. The molecular formula is C25H22N4O. The van der Waals surface area contributed by atoms with Crippen molar-refractivity contribution in [3.63, 3.8) is 0 Å². The second-order valence-electron chi connectivity index (χ2n) is 7.11. The largest absolute Gasteiger partial charge is 0.324 e. The van der Waals surface area contributed by atoms with E-state index in [0.29, 0.717) is 17.2 Å². The molecule has 0 aliphatic rings. The number of hydrogen-bond donors (Lipinski definition) is 2. The van der Waals surface area contributed by atoms with Crippen LogP contribution in [0, 0.1) is 13.8 Å². The highest BCUT2D eigenvalue weighted by Crippen LogP contribution is 2.24. The zero-order valence-corrected chi connectivity index (χ0v) is 16.9. The molecule has 1 heterocycles. The Labute approximate surface area is 175 Å². The van der Waals surface area contributed by atoms with Gasteiger partial charge in [-0.3, -0.25) is 4.79 Å². The van der Waals surface area contributed by atoms with Crippen LogP contribution in [0.1, 0.15) is 21.5 Å². The smallest absolute Gasteiger partial charge is 0.255 e. The van der Waals surface area contributed by atoms with E-state index in [9.17, 15) is 4.79 Å². The molecule has 0 fully saturated rings. The highest BCUT2D eigenvalue weighted by Gasteiger charge is 2.09. The van der Waals surface area contributed by atoms with E-state index in [1.807, 2.05) is 92.7 Å². The zero-order chi connectivity index (χ0) is 20.9. The number of rotatable bonds is 5. The number of nitrogens with zero attached hydrogens (tertiary/aromatic N) is 2. The Balaban J connectivity index is 1.54. The van der Waals surface area contributed by atoms with Crippen LogP contribution in [0.25, 0.3) is 11.3 Å². The lowest BCUT2D eigenvalue weighted by molar-refractivity contribution is 0.102. The molecule has 2 N–H and O–H groups in total. The van der Waals surface area contributed by atoms with Crippen molar-refractivity contribution in [1.29, 1.82) is 0 Å². The molecule has 0 saturated heterocycles. The number of amides is 1. The van der Waals surface area contributed by atoms with E-state index in [1.165, 1.54) is 0 Å². The minimum Gasteiger partial charge on any atom is -0.324 e. The molecule has 0 bridgehead atoms. The highest BCUT2D eigenvalue weighted by atomic mass is 16.1. The molecule has 0 aliphatic carbocycles. The van der Waals surface area contributed by atoms with Crippen LogP contribution in [0.15, 0.2) is 85.1 Å². The molecule has 5 nitrogen and oxygen atoms in total. The molecule has 3 aromatic carbocycles. The van der Waals surface area contributed by atoms with Crippen LogP contribution >= 0.6 is 0 Å². The van der Waals surface area contributed by atoms with Gasteiger partial charge < -0.3 is 10.6 Å². The maximum atomic E-state index is 12.5. The number of hydrogen-bond acceptors (Lipinski definition) is 4. The molecular weight excluding hydrogens is 372 g/mol. The van der Waals surface area contributed by atoms with Gasteiger partial charge in [-0.15, -0.1) is 0 Å². The van der Waals surface area contributed by atoms with Crippen molar-refractivity contribution in [1.82, 2.24) is 9.97 Å². The van der Waals surface area contributed by atoms with Gasteiger partial charge in [-0.05, 0) is 49.7 Å². The molecule has 148 valence electrons. The average molecular weight is 394 g/mol. The molecule has 30 heavy (non-hydrogen) atoms. The second-order valence-corrected chi connectivity index (χ2v) is 7.11. The first-order valence-electron chi connectivity index (χ1n) is 9.73. The van der Waals surface area contributed by atoms with Gasteiger partial charge >= 0.3 is 0 Å². The highest BCUT2D eigenvalue weighted by molar-refractivity contribution is 6.04. The summed E-state index contributed by atoms with van der Waals surface area (Å²) in [4.78, 5) is 21.5. The summed E-state index contributed by atoms with van der Waals surface area (Å²) in [6.07, 6.45) is 1.73. The fourth-order valence-electron chi connectivity index (χ4n) is 3.05. The topological polar surface area (TPSA) is 66.9 Å². The SMILES string of the molecule is Cc1ccc(C(=O)Nc2ccc(C)c(Nc3nccc(-c4ccccc4)n3)c2)cc1. The van der Waals surface area contributed by atoms with Crippen molar-refractivity contribution < 1.29 is 4.79 Å². The number of carbonyl (C=O) groups excluding carboxylic acids is 1. The van der Waals surface area contributed by atoms with Gasteiger partial charge in [0.25, 0.3) is 5.91 Å². The summed E-state index contributed by atoms with van der Waals surface area (Å²) in [7, 11) is 0. The van der Waals surface area contributed by atoms with E-state index < -0.39 is 0 Å². The Hall–Kier alpha value is -3.99. The molecule has 0 aliphatic heterocycles. The summed E-state index contributed by atoms with van der Waals surface area (Å²) >= 11 is 0. The van der Waals surface area contributed by atoms with Crippen molar-refractivity contribution in [2.45, 2.75) is 13.8 Å². The third kappa shape index (κ3) is 4.52. The molecule has 0 saturated carbocycles. The van der Waals surface area contributed by atoms with E-state index in [0.717, 1.165) is 28.1 Å². The van der Waals surface area contributed by atoms with Gasteiger partial charge in [0.15, 0.2) is 0 Å². The molecule has 0 radical (unpaired) electrons. The van der Waals surface area contributed by atoms with E-state index in [2.05, 4.69) is 20.6 Å². The Morgan fingerprint density at radius 1 is 0.867 bits per heavy atom.